The van der Waals surface area contributed by atoms with Gasteiger partial charge in [-0.25, -0.2) is 8.42 Å². The van der Waals surface area contributed by atoms with Gasteiger partial charge in [-0.3, -0.25) is 0 Å². The minimum atomic E-state index is -3.23. The van der Waals surface area contributed by atoms with Crippen molar-refractivity contribution in [3.63, 3.8) is 0 Å². The number of aryl methyl sites for hydroxylation is 1. The molecule has 1 N–H and O–H groups in total. The van der Waals surface area contributed by atoms with Crippen LogP contribution >= 0.6 is 0 Å². The summed E-state index contributed by atoms with van der Waals surface area (Å²) in [6.45, 7) is 2.63. The van der Waals surface area contributed by atoms with Crippen LogP contribution in [0.25, 0.3) is 5.57 Å². The Morgan fingerprint density at radius 2 is 2.00 bits per heavy atom. The van der Waals surface area contributed by atoms with E-state index in [1.54, 1.807) is 6.07 Å². The Balaban J connectivity index is 1.87. The maximum absolute atomic E-state index is 12.1. The van der Waals surface area contributed by atoms with Crippen molar-refractivity contribution in [3.05, 3.63) is 34.7 Å². The van der Waals surface area contributed by atoms with Crippen molar-refractivity contribution in [1.29, 1.82) is 0 Å². The van der Waals surface area contributed by atoms with E-state index in [-0.39, 0.29) is 0 Å². The number of nitrogens with one attached hydrogen (secondary N) is 1. The first-order chi connectivity index (χ1) is 9.08. The number of rotatable bonds is 3. The number of sulfone groups is 1. The molecule has 3 rings (SSSR count). The Bertz CT molecular complexity index is 626. The molecular weight excluding hydrogens is 258 g/mol. The van der Waals surface area contributed by atoms with Crippen LogP contribution in [0.3, 0.4) is 0 Å². The third kappa shape index (κ3) is 2.35. The molecule has 4 heteroatoms. The molecule has 1 aromatic rings. The Morgan fingerprint density at radius 1 is 1.26 bits per heavy atom. The first-order valence-corrected chi connectivity index (χ1v) is 8.41. The topological polar surface area (TPSA) is 46.2 Å². The summed E-state index contributed by atoms with van der Waals surface area (Å²) in [5.74, 6) is 0. The van der Waals surface area contributed by atoms with Gasteiger partial charge in [0.1, 0.15) is 0 Å². The second-order valence-electron chi connectivity index (χ2n) is 5.50. The summed E-state index contributed by atoms with van der Waals surface area (Å²) in [5, 5.41) is 4.93. The summed E-state index contributed by atoms with van der Waals surface area (Å²) in [7, 11) is -3.23. The zero-order chi connectivity index (χ0) is 13.5. The summed E-state index contributed by atoms with van der Waals surface area (Å²) >= 11 is 0. The molecule has 1 aliphatic heterocycles. The summed E-state index contributed by atoms with van der Waals surface area (Å²) in [5.41, 5.74) is 2.87. The van der Waals surface area contributed by atoms with Gasteiger partial charge < -0.3 is 5.32 Å². The summed E-state index contributed by atoms with van der Waals surface area (Å²) in [6.07, 6.45) is 4.98. The number of hydrogen-bond acceptors (Lipinski definition) is 3. The second-order valence-corrected chi connectivity index (χ2v) is 7.26. The average Bonchev–Trinajstić information content (AvgIpc) is 2.95. The van der Waals surface area contributed by atoms with Gasteiger partial charge in [0.15, 0.2) is 0 Å². The number of fused-ring (bicyclic) bond motifs is 1. The zero-order valence-corrected chi connectivity index (χ0v) is 12.0. The first kappa shape index (κ1) is 12.9. The van der Waals surface area contributed by atoms with Crippen LogP contribution in [0.4, 0.5) is 0 Å². The molecule has 0 spiro atoms. The van der Waals surface area contributed by atoms with Crippen molar-refractivity contribution in [3.8, 4) is 0 Å². The maximum Gasteiger partial charge on any atom is 0.200 e. The maximum atomic E-state index is 12.1. The largest absolute Gasteiger partial charge is 0.310 e. The van der Waals surface area contributed by atoms with E-state index < -0.39 is 9.84 Å². The molecule has 0 bridgehead atoms. The van der Waals surface area contributed by atoms with E-state index in [4.69, 9.17) is 0 Å². The fourth-order valence-electron chi connectivity index (χ4n) is 3.11. The van der Waals surface area contributed by atoms with Crippen LogP contribution in [-0.4, -0.2) is 21.0 Å². The highest BCUT2D eigenvalue weighted by atomic mass is 32.2. The van der Waals surface area contributed by atoms with Crippen molar-refractivity contribution in [2.75, 3.05) is 6.54 Å². The van der Waals surface area contributed by atoms with E-state index in [9.17, 15) is 8.42 Å². The molecule has 19 heavy (non-hydrogen) atoms. The van der Waals surface area contributed by atoms with Gasteiger partial charge in [0.2, 0.25) is 9.84 Å². The smallest absolute Gasteiger partial charge is 0.200 e. The van der Waals surface area contributed by atoms with E-state index in [1.807, 2.05) is 19.1 Å². The van der Waals surface area contributed by atoms with E-state index >= 15 is 0 Å². The van der Waals surface area contributed by atoms with Crippen molar-refractivity contribution < 1.29 is 8.42 Å². The molecule has 1 aromatic carbocycles. The van der Waals surface area contributed by atoms with Crippen molar-refractivity contribution >= 4 is 15.4 Å². The lowest BCUT2D eigenvalue weighted by atomic mass is 10.0. The highest BCUT2D eigenvalue weighted by Crippen LogP contribution is 2.35. The van der Waals surface area contributed by atoms with Gasteiger partial charge >= 0.3 is 0 Å². The minimum absolute atomic E-state index is 0.468. The standard InChI is InChI=1S/C15H19NO2S/c1-11-5-4-8-14-15(11)12(10-19(14,17)18)9-16-13-6-2-3-7-13/h4-5,8,10,13,16H,2-3,6-7,9H2,1H3. The molecule has 102 valence electrons. The van der Waals surface area contributed by atoms with Crippen molar-refractivity contribution in [1.82, 2.24) is 5.32 Å². The number of hydrogen-bond donors (Lipinski definition) is 1. The monoisotopic (exact) mass is 277 g/mol. The molecule has 0 amide bonds. The first-order valence-electron chi connectivity index (χ1n) is 6.87. The molecule has 1 heterocycles. The van der Waals surface area contributed by atoms with Crippen LogP contribution in [0.5, 0.6) is 0 Å². The molecular formula is C15H19NO2S. The fourth-order valence-corrected chi connectivity index (χ4v) is 4.66. The lowest BCUT2D eigenvalue weighted by Crippen LogP contribution is -2.27. The normalized spacial score (nSPS) is 21.4. The molecule has 0 atom stereocenters. The van der Waals surface area contributed by atoms with E-state index in [1.165, 1.54) is 31.1 Å². The van der Waals surface area contributed by atoms with Gasteiger partial charge in [-0.15, -0.1) is 0 Å². The van der Waals surface area contributed by atoms with Gasteiger partial charge in [0.05, 0.1) is 4.90 Å². The lowest BCUT2D eigenvalue weighted by molar-refractivity contribution is 0.560. The van der Waals surface area contributed by atoms with Crippen molar-refractivity contribution in [2.24, 2.45) is 0 Å². The molecule has 0 aromatic heterocycles. The zero-order valence-electron chi connectivity index (χ0n) is 11.1. The lowest BCUT2D eigenvalue weighted by Gasteiger charge is -2.13. The van der Waals surface area contributed by atoms with Gasteiger partial charge in [0, 0.05) is 23.6 Å². The van der Waals surface area contributed by atoms with Crippen LogP contribution in [0, 0.1) is 6.92 Å². The Hall–Kier alpha value is -1.13. The Kier molecular flexibility index (Phi) is 3.23. The predicted molar refractivity (Wildman–Crippen MR) is 76.6 cm³/mol. The SMILES string of the molecule is Cc1cccc2c1C(CNC1CCCC1)=CS2(=O)=O. The quantitative estimate of drug-likeness (QED) is 0.924. The summed E-state index contributed by atoms with van der Waals surface area (Å²) in [6, 6.07) is 6.05. The Morgan fingerprint density at radius 3 is 2.74 bits per heavy atom. The second kappa shape index (κ2) is 4.76. The summed E-state index contributed by atoms with van der Waals surface area (Å²) < 4.78 is 24.2. The van der Waals surface area contributed by atoms with Crippen LogP contribution in [0.2, 0.25) is 0 Å². The van der Waals surface area contributed by atoms with Gasteiger partial charge in [0.25, 0.3) is 0 Å². The van der Waals surface area contributed by atoms with Crippen LogP contribution in [0.15, 0.2) is 28.5 Å². The molecule has 1 saturated carbocycles. The molecule has 0 saturated heterocycles. The molecule has 1 aliphatic carbocycles. The third-order valence-corrected chi connectivity index (χ3v) is 5.64. The Labute approximate surface area is 114 Å². The molecule has 3 nitrogen and oxygen atoms in total. The highest BCUT2D eigenvalue weighted by Gasteiger charge is 2.28. The minimum Gasteiger partial charge on any atom is -0.310 e. The molecule has 0 radical (unpaired) electrons. The van der Waals surface area contributed by atoms with E-state index in [0.29, 0.717) is 17.5 Å². The molecule has 1 fully saturated rings. The molecule has 2 aliphatic rings. The highest BCUT2D eigenvalue weighted by molar-refractivity contribution is 7.95. The van der Waals surface area contributed by atoms with Crippen LogP contribution < -0.4 is 5.32 Å². The van der Waals surface area contributed by atoms with Crippen molar-refractivity contribution in [2.45, 2.75) is 43.5 Å². The molecule has 0 unspecified atom stereocenters. The third-order valence-electron chi connectivity index (χ3n) is 4.10. The van der Waals surface area contributed by atoms with Gasteiger partial charge in [-0.05, 0) is 37.0 Å². The fraction of sp³-hybridized carbons (Fsp3) is 0.467. The van der Waals surface area contributed by atoms with E-state index in [2.05, 4.69) is 5.32 Å². The van der Waals surface area contributed by atoms with Gasteiger partial charge in [-0.1, -0.05) is 25.0 Å². The van der Waals surface area contributed by atoms with Gasteiger partial charge in [-0.2, -0.15) is 0 Å². The van der Waals surface area contributed by atoms with Crippen LogP contribution in [-0.2, 0) is 9.84 Å². The summed E-state index contributed by atoms with van der Waals surface area (Å²) in [4.78, 5) is 0.468. The van der Waals surface area contributed by atoms with Crippen LogP contribution in [0.1, 0.15) is 36.8 Å². The van der Waals surface area contributed by atoms with E-state index in [0.717, 1.165) is 16.7 Å². The average molecular weight is 277 g/mol. The number of benzene rings is 1. The predicted octanol–water partition coefficient (Wildman–Crippen LogP) is 2.66.